The number of furan rings is 1. The molecule has 0 unspecified atom stereocenters. The summed E-state index contributed by atoms with van der Waals surface area (Å²) in [5.41, 5.74) is 6.82. The van der Waals surface area contributed by atoms with Crippen molar-refractivity contribution in [2.45, 2.75) is 60.3 Å². The van der Waals surface area contributed by atoms with E-state index in [1.807, 2.05) is 185 Å². The minimum atomic E-state index is -4.55. The summed E-state index contributed by atoms with van der Waals surface area (Å²) < 4.78 is 95.4. The Balaban J connectivity index is 0.00000376. The molecule has 0 spiro atoms. The lowest BCUT2D eigenvalue weighted by Gasteiger charge is -2.30. The summed E-state index contributed by atoms with van der Waals surface area (Å²) in [4.78, 5) is 3.95. The Hall–Kier alpha value is -7.98. The van der Waals surface area contributed by atoms with Crippen molar-refractivity contribution in [3.8, 4) is 0 Å². The number of nitrogens with zero attached hydrogens (tertiary/aromatic N) is 2. The number of hydrogen-bond acceptors (Lipinski definition) is 4. The summed E-state index contributed by atoms with van der Waals surface area (Å²) in [6.07, 6.45) is 4.87. The third-order valence-electron chi connectivity index (χ3n) is 12.5. The fraction of sp³-hybridized carbons (Fsp3) is 0.161. The van der Waals surface area contributed by atoms with Gasteiger partial charge < -0.3 is 19.0 Å². The molecule has 10 heteroatoms. The van der Waals surface area contributed by atoms with Gasteiger partial charge in [0.15, 0.2) is 5.58 Å². The average Bonchev–Trinajstić information content (AvgIpc) is 3.77. The molecule has 0 aliphatic carbocycles. The molecular formula is C62H56F6N2O2. The van der Waals surface area contributed by atoms with Crippen molar-refractivity contribution in [3.05, 3.63) is 222 Å². The van der Waals surface area contributed by atoms with Crippen molar-refractivity contribution < 1.29 is 35.5 Å². The Morgan fingerprint density at radius 3 is 2.08 bits per heavy atom. The molecule has 1 heterocycles. The summed E-state index contributed by atoms with van der Waals surface area (Å²) in [6.45, 7) is 19.2. The second-order valence-corrected chi connectivity index (χ2v) is 16.7. The maximum absolute atomic E-state index is 14.0. The highest BCUT2D eigenvalue weighted by Gasteiger charge is 2.32. The molecule has 0 atom stereocenters. The molecule has 368 valence electrons. The first kappa shape index (κ1) is 51.9. The third kappa shape index (κ3) is 10.4. The van der Waals surface area contributed by atoms with Gasteiger partial charge in [-0.05, 0) is 145 Å². The monoisotopic (exact) mass is 974 g/mol. The summed E-state index contributed by atoms with van der Waals surface area (Å²) >= 11 is 0. The summed E-state index contributed by atoms with van der Waals surface area (Å²) in [5, 5.41) is 5.13. The van der Waals surface area contributed by atoms with Gasteiger partial charge in [-0.3, -0.25) is 0 Å². The Bertz CT molecular complexity index is 3460. The summed E-state index contributed by atoms with van der Waals surface area (Å²) in [7, 11) is 1.61. The number of para-hydroxylation sites is 2. The van der Waals surface area contributed by atoms with E-state index >= 15 is 0 Å². The fourth-order valence-corrected chi connectivity index (χ4v) is 8.95. The van der Waals surface area contributed by atoms with Gasteiger partial charge in [-0.1, -0.05) is 130 Å². The van der Waals surface area contributed by atoms with Crippen LogP contribution in [-0.2, 0) is 10.9 Å². The van der Waals surface area contributed by atoms with Crippen molar-refractivity contribution in [3.63, 3.8) is 0 Å². The molecule has 1 aromatic heterocycles. The molecule has 0 saturated heterocycles. The topological polar surface area (TPSA) is 28.9 Å². The van der Waals surface area contributed by atoms with Gasteiger partial charge in [-0.2, -0.15) is 26.3 Å². The maximum atomic E-state index is 14.0. The number of ether oxygens (including phenoxy) is 1. The number of hydrogen-bond donors (Lipinski definition) is 0. The lowest BCUT2D eigenvalue weighted by molar-refractivity contribution is -0.137. The number of allylic oxidation sites excluding steroid dienone is 9. The fourth-order valence-electron chi connectivity index (χ4n) is 8.95. The molecule has 8 aromatic rings. The Morgan fingerprint density at radius 1 is 0.708 bits per heavy atom. The number of anilines is 5. The van der Waals surface area contributed by atoms with E-state index in [2.05, 4.69) is 13.2 Å². The van der Waals surface area contributed by atoms with E-state index in [4.69, 9.17) is 9.15 Å². The first-order chi connectivity index (χ1) is 34.6. The van der Waals surface area contributed by atoms with Crippen LogP contribution in [0, 0.1) is 6.92 Å². The van der Waals surface area contributed by atoms with Gasteiger partial charge in [-0.25, -0.2) is 0 Å². The van der Waals surface area contributed by atoms with Crippen LogP contribution in [0.2, 0.25) is 0 Å². The van der Waals surface area contributed by atoms with Gasteiger partial charge in [-0.15, -0.1) is 0 Å². The Morgan fingerprint density at radius 2 is 1.40 bits per heavy atom. The first-order valence-corrected chi connectivity index (χ1v) is 23.6. The second kappa shape index (κ2) is 22.0. The van der Waals surface area contributed by atoms with Gasteiger partial charge >= 0.3 is 12.4 Å². The zero-order valence-electron chi connectivity index (χ0n) is 41.3. The van der Waals surface area contributed by atoms with Gasteiger partial charge in [0.2, 0.25) is 0 Å². The number of methoxy groups -OCH3 is 1. The van der Waals surface area contributed by atoms with Crippen molar-refractivity contribution in [1.29, 1.82) is 0 Å². The number of alkyl halides is 6. The molecule has 0 amide bonds. The largest absolute Gasteiger partial charge is 0.496 e. The smallest absolute Gasteiger partial charge is 0.416 e. The number of rotatable bonds is 14. The highest BCUT2D eigenvalue weighted by Crippen LogP contribution is 2.48. The van der Waals surface area contributed by atoms with Crippen LogP contribution in [0.5, 0.6) is 0 Å². The number of benzene rings is 7. The molecule has 0 saturated carbocycles. The van der Waals surface area contributed by atoms with E-state index < -0.39 is 29.9 Å². The van der Waals surface area contributed by atoms with E-state index in [1.54, 1.807) is 19.3 Å². The molecule has 8 rings (SSSR count). The normalized spacial score (nSPS) is 12.8. The molecule has 0 N–H and O–H groups in total. The summed E-state index contributed by atoms with van der Waals surface area (Å²) in [6, 6.07) is 38.3. The van der Waals surface area contributed by atoms with Crippen LogP contribution < -0.4 is 9.80 Å². The predicted octanol–water partition coefficient (Wildman–Crippen LogP) is 20.0. The van der Waals surface area contributed by atoms with Crippen LogP contribution in [0.1, 0.15) is 63.3 Å². The molecule has 0 bridgehead atoms. The summed E-state index contributed by atoms with van der Waals surface area (Å²) in [5.74, 6) is 0.654. The van der Waals surface area contributed by atoms with Gasteiger partial charge in [0.1, 0.15) is 11.3 Å². The van der Waals surface area contributed by atoms with Crippen molar-refractivity contribution in [2.75, 3.05) is 16.9 Å². The lowest BCUT2D eigenvalue weighted by Crippen LogP contribution is -2.17. The average molecular weight is 975 g/mol. The van der Waals surface area contributed by atoms with Crippen molar-refractivity contribution >= 4 is 83.6 Å². The standard InChI is InChI=1S/C60H50F6N2O2.C2H6/c1-8-11-12-25-54(69-7)39(5)43-19-16-21-47(37-43)67(45(10-3)20-15-18-38(4)59(61,62)63)51-35-29-42-27-34-50-52(36-28-41(9-2)57(50)56(42)40(51)6)68(46-32-30-44(31-33-46)60(64,65)66)53-24-17-23-49-48-22-13-14-26-55(48)70-58(49)53;1-2/h8-17,19-37H,2,4,18H2,1,3,5-7H3;1-2H3/b11-8-,20-15-,25-12-,45-10+,54-39-;. The van der Waals surface area contributed by atoms with Crippen LogP contribution in [0.4, 0.5) is 54.8 Å². The molecule has 4 nitrogen and oxygen atoms in total. The molecule has 0 aliphatic heterocycles. The van der Waals surface area contributed by atoms with E-state index in [9.17, 15) is 26.3 Å². The molecule has 72 heavy (non-hydrogen) atoms. The maximum Gasteiger partial charge on any atom is 0.416 e. The highest BCUT2D eigenvalue weighted by molar-refractivity contribution is 6.19. The quantitative estimate of drug-likeness (QED) is 0.0357. The zero-order chi connectivity index (χ0) is 51.9. The van der Waals surface area contributed by atoms with Crippen LogP contribution in [0.3, 0.4) is 0 Å². The number of halogens is 6. The number of fused-ring (bicyclic) bond motifs is 6. The molecular weight excluding hydrogens is 919 g/mol. The minimum Gasteiger partial charge on any atom is -0.496 e. The van der Waals surface area contributed by atoms with Crippen LogP contribution >= 0.6 is 0 Å². The van der Waals surface area contributed by atoms with E-state index in [1.165, 1.54) is 18.2 Å². The molecule has 0 aliphatic rings. The SMILES string of the molecule is C=Cc1ccc(N(c2ccc(C(F)(F)F)cc2)c2cccc3c2oc2ccccc23)c2ccc3ccc(N(C(/C=C\CC(=C)C(F)(F)F)=C/C)c4cccc(/C(C)=C(/C=C\C=C/C)OC)c4)c(C)c3c12.CC. The third-order valence-corrected chi connectivity index (χ3v) is 12.5. The van der Waals surface area contributed by atoms with Gasteiger partial charge in [0, 0.05) is 44.5 Å². The van der Waals surface area contributed by atoms with Crippen LogP contribution in [0.25, 0.3) is 55.1 Å². The lowest BCUT2D eigenvalue weighted by atomic mass is 9.92. The van der Waals surface area contributed by atoms with Crippen LogP contribution in [-0.4, -0.2) is 13.3 Å². The zero-order valence-corrected chi connectivity index (χ0v) is 41.3. The van der Waals surface area contributed by atoms with Crippen molar-refractivity contribution in [1.82, 2.24) is 0 Å². The molecule has 0 fully saturated rings. The Labute approximate surface area is 417 Å². The van der Waals surface area contributed by atoms with Crippen molar-refractivity contribution in [2.24, 2.45) is 0 Å². The molecule has 7 aromatic carbocycles. The van der Waals surface area contributed by atoms with Crippen LogP contribution in [0.15, 0.2) is 205 Å². The van der Waals surface area contributed by atoms with Gasteiger partial charge in [0.25, 0.3) is 0 Å². The van der Waals surface area contributed by atoms with E-state index in [0.717, 1.165) is 78.1 Å². The predicted molar refractivity (Wildman–Crippen MR) is 289 cm³/mol. The molecule has 0 radical (unpaired) electrons. The Kier molecular flexibility index (Phi) is 15.8. The van der Waals surface area contributed by atoms with Gasteiger partial charge in [0.05, 0.1) is 24.0 Å². The first-order valence-electron chi connectivity index (χ1n) is 23.6. The van der Waals surface area contributed by atoms with E-state index in [-0.39, 0.29) is 0 Å². The second-order valence-electron chi connectivity index (χ2n) is 16.7. The highest BCUT2D eigenvalue weighted by atomic mass is 19.4. The van der Waals surface area contributed by atoms with E-state index in [0.29, 0.717) is 39.7 Å². The number of aryl methyl sites for hydroxylation is 1. The minimum absolute atomic E-state index is 0.406.